The van der Waals surface area contributed by atoms with Crippen LogP contribution >= 0.6 is 0 Å². The number of aryl methyl sites for hydroxylation is 1. The van der Waals surface area contributed by atoms with Gasteiger partial charge in [0, 0.05) is 24.9 Å². The van der Waals surface area contributed by atoms with Gasteiger partial charge in [0.2, 0.25) is 0 Å². The van der Waals surface area contributed by atoms with Gasteiger partial charge in [0.1, 0.15) is 29.3 Å². The zero-order valence-electron chi connectivity index (χ0n) is 16.9. The van der Waals surface area contributed by atoms with E-state index in [-0.39, 0.29) is 17.1 Å². The number of pyridine rings is 2. The molecule has 8 nitrogen and oxygen atoms in total. The summed E-state index contributed by atoms with van der Waals surface area (Å²) in [4.78, 5) is 14.5. The second kappa shape index (κ2) is 7.67. The molecule has 0 fully saturated rings. The van der Waals surface area contributed by atoms with Gasteiger partial charge in [-0.1, -0.05) is 0 Å². The molecule has 0 bridgehead atoms. The molecule has 3 aromatic rings. The van der Waals surface area contributed by atoms with Crippen LogP contribution in [0.3, 0.4) is 0 Å². The molecule has 0 radical (unpaired) electrons. The molecule has 1 aliphatic heterocycles. The van der Waals surface area contributed by atoms with Crippen molar-refractivity contribution in [3.05, 3.63) is 65.5 Å². The van der Waals surface area contributed by atoms with Crippen molar-refractivity contribution in [2.45, 2.75) is 31.6 Å². The molecule has 0 aromatic carbocycles. The zero-order chi connectivity index (χ0) is 23.4. The summed E-state index contributed by atoms with van der Waals surface area (Å²) in [7, 11) is 1.72. The molecule has 0 amide bonds. The maximum absolute atomic E-state index is 14.5. The maximum atomic E-state index is 14.5. The average molecular weight is 454 g/mol. The third-order valence-corrected chi connectivity index (χ3v) is 5.23. The SMILES string of the molecule is CC(c1ncc(F)cc1F)N1c2nc(C(F)(F)F)ccc2C(N)N(c2cn(C)cn2)C1N. The van der Waals surface area contributed by atoms with Crippen LogP contribution in [0.4, 0.5) is 33.6 Å². The van der Waals surface area contributed by atoms with E-state index in [0.29, 0.717) is 11.9 Å². The van der Waals surface area contributed by atoms with Gasteiger partial charge in [-0.3, -0.25) is 10.7 Å². The number of fused-ring (bicyclic) bond motifs is 1. The number of nitrogens with zero attached hydrogens (tertiary/aromatic N) is 6. The number of nitrogens with two attached hydrogens (primary N) is 2. The number of aromatic nitrogens is 4. The molecule has 4 heterocycles. The van der Waals surface area contributed by atoms with Crippen molar-refractivity contribution in [1.82, 2.24) is 19.5 Å². The Bertz CT molecular complexity index is 1150. The molecule has 3 aromatic heterocycles. The third-order valence-electron chi connectivity index (χ3n) is 5.23. The quantitative estimate of drug-likeness (QED) is 0.587. The Morgan fingerprint density at radius 1 is 1.12 bits per heavy atom. The van der Waals surface area contributed by atoms with Crippen molar-refractivity contribution in [1.29, 1.82) is 0 Å². The Kier molecular flexibility index (Phi) is 5.25. The molecule has 0 saturated carbocycles. The molecular weight excluding hydrogens is 435 g/mol. The van der Waals surface area contributed by atoms with Gasteiger partial charge in [-0.25, -0.2) is 18.7 Å². The fraction of sp³-hybridized carbons (Fsp3) is 0.316. The van der Waals surface area contributed by atoms with Crippen LogP contribution in [0, 0.1) is 11.6 Å². The monoisotopic (exact) mass is 454 g/mol. The van der Waals surface area contributed by atoms with E-state index in [9.17, 15) is 22.0 Å². The fourth-order valence-corrected chi connectivity index (χ4v) is 3.72. The Morgan fingerprint density at radius 2 is 1.84 bits per heavy atom. The standard InChI is InChI=1S/C19H19F5N8/c1-9(15-12(21)5-10(20)6-27-15)31-17-11(3-4-13(29-17)19(22,23)24)16(25)32(18(31)26)14-7-30(2)8-28-14/h3-9,16,18H,25-26H2,1-2H3. The van der Waals surface area contributed by atoms with Crippen LogP contribution in [0.5, 0.6) is 0 Å². The van der Waals surface area contributed by atoms with E-state index in [1.54, 1.807) is 17.8 Å². The predicted octanol–water partition coefficient (Wildman–Crippen LogP) is 2.79. The Balaban J connectivity index is 1.90. The molecule has 170 valence electrons. The van der Waals surface area contributed by atoms with Crippen LogP contribution in [-0.2, 0) is 13.2 Å². The topological polar surface area (TPSA) is 102 Å². The molecule has 0 spiro atoms. The minimum absolute atomic E-state index is 0.176. The second-order valence-corrected chi connectivity index (χ2v) is 7.37. The lowest BCUT2D eigenvalue weighted by molar-refractivity contribution is -0.141. The van der Waals surface area contributed by atoms with Gasteiger partial charge in [-0.05, 0) is 19.1 Å². The van der Waals surface area contributed by atoms with Crippen molar-refractivity contribution >= 4 is 11.6 Å². The Hall–Kier alpha value is -3.32. The highest BCUT2D eigenvalue weighted by molar-refractivity contribution is 5.60. The third kappa shape index (κ3) is 3.62. The van der Waals surface area contributed by atoms with Gasteiger partial charge in [-0.2, -0.15) is 13.2 Å². The molecule has 0 aliphatic carbocycles. The summed E-state index contributed by atoms with van der Waals surface area (Å²) in [6.45, 7) is 1.47. The highest BCUT2D eigenvalue weighted by atomic mass is 19.4. The summed E-state index contributed by atoms with van der Waals surface area (Å²) < 4.78 is 69.6. The first-order valence-electron chi connectivity index (χ1n) is 9.44. The first-order chi connectivity index (χ1) is 15.0. The summed E-state index contributed by atoms with van der Waals surface area (Å²) in [6, 6.07) is 1.62. The number of hydrogen-bond donors (Lipinski definition) is 2. The highest BCUT2D eigenvalue weighted by Gasteiger charge is 2.43. The lowest BCUT2D eigenvalue weighted by Gasteiger charge is -2.48. The largest absolute Gasteiger partial charge is 0.433 e. The van der Waals surface area contributed by atoms with Gasteiger partial charge >= 0.3 is 6.18 Å². The van der Waals surface area contributed by atoms with E-state index in [1.165, 1.54) is 29.1 Å². The molecule has 1 aliphatic rings. The van der Waals surface area contributed by atoms with Gasteiger partial charge in [-0.15, -0.1) is 0 Å². The normalized spacial score (nSPS) is 19.8. The summed E-state index contributed by atoms with van der Waals surface area (Å²) in [5.74, 6) is -1.69. The minimum Gasteiger partial charge on any atom is -0.338 e. The summed E-state index contributed by atoms with van der Waals surface area (Å²) in [6.07, 6.45) is -2.96. The number of halogens is 5. The predicted molar refractivity (Wildman–Crippen MR) is 105 cm³/mol. The first-order valence-corrected chi connectivity index (χ1v) is 9.44. The molecule has 32 heavy (non-hydrogen) atoms. The number of hydrogen-bond acceptors (Lipinski definition) is 7. The van der Waals surface area contributed by atoms with Crippen molar-refractivity contribution in [2.24, 2.45) is 18.5 Å². The van der Waals surface area contributed by atoms with E-state index in [0.717, 1.165) is 12.3 Å². The van der Waals surface area contributed by atoms with E-state index in [1.807, 2.05) is 0 Å². The maximum Gasteiger partial charge on any atom is 0.433 e. The smallest absolute Gasteiger partial charge is 0.338 e. The van der Waals surface area contributed by atoms with Gasteiger partial charge in [0.25, 0.3) is 0 Å². The molecule has 4 N–H and O–H groups in total. The number of imidazole rings is 1. The van der Waals surface area contributed by atoms with Gasteiger partial charge in [0.15, 0.2) is 12.1 Å². The Labute approximate surface area is 179 Å². The van der Waals surface area contributed by atoms with Gasteiger partial charge in [0.05, 0.1) is 24.3 Å². The van der Waals surface area contributed by atoms with Crippen LogP contribution < -0.4 is 21.3 Å². The highest BCUT2D eigenvalue weighted by Crippen LogP contribution is 2.42. The lowest BCUT2D eigenvalue weighted by atomic mass is 10.0. The van der Waals surface area contributed by atoms with Crippen LogP contribution in [0.1, 0.15) is 36.1 Å². The average Bonchev–Trinajstić information content (AvgIpc) is 3.12. The molecule has 3 unspecified atom stereocenters. The minimum atomic E-state index is -4.73. The fourth-order valence-electron chi connectivity index (χ4n) is 3.72. The van der Waals surface area contributed by atoms with E-state index in [2.05, 4.69) is 15.0 Å². The van der Waals surface area contributed by atoms with Gasteiger partial charge < -0.3 is 20.1 Å². The number of anilines is 2. The van der Waals surface area contributed by atoms with Crippen LogP contribution in [0.25, 0.3) is 0 Å². The van der Waals surface area contributed by atoms with Crippen molar-refractivity contribution < 1.29 is 22.0 Å². The molecular formula is C19H19F5N8. The lowest BCUT2D eigenvalue weighted by Crippen LogP contribution is -2.62. The molecule has 13 heteroatoms. The van der Waals surface area contributed by atoms with E-state index >= 15 is 0 Å². The summed E-state index contributed by atoms with van der Waals surface area (Å²) >= 11 is 0. The van der Waals surface area contributed by atoms with Crippen LogP contribution in [-0.4, -0.2) is 25.8 Å². The van der Waals surface area contributed by atoms with Crippen LogP contribution in [0.2, 0.25) is 0 Å². The van der Waals surface area contributed by atoms with Crippen molar-refractivity contribution in [3.8, 4) is 0 Å². The molecule has 4 rings (SSSR count). The van der Waals surface area contributed by atoms with Crippen molar-refractivity contribution in [3.63, 3.8) is 0 Å². The van der Waals surface area contributed by atoms with Crippen LogP contribution in [0.15, 0.2) is 36.9 Å². The molecule has 0 saturated heterocycles. The Morgan fingerprint density at radius 3 is 2.44 bits per heavy atom. The number of alkyl halides is 3. The second-order valence-electron chi connectivity index (χ2n) is 7.37. The number of rotatable bonds is 3. The van der Waals surface area contributed by atoms with Crippen molar-refractivity contribution in [2.75, 3.05) is 9.80 Å². The zero-order valence-corrected chi connectivity index (χ0v) is 16.9. The van der Waals surface area contributed by atoms with E-state index < -0.39 is 42.0 Å². The van der Waals surface area contributed by atoms with E-state index in [4.69, 9.17) is 11.5 Å². The first kappa shape index (κ1) is 21.9. The molecule has 3 atom stereocenters. The summed E-state index contributed by atoms with van der Waals surface area (Å²) in [5.41, 5.74) is 11.6. The summed E-state index contributed by atoms with van der Waals surface area (Å²) in [5, 5.41) is 0.